The molecule has 1 aliphatic heterocycles. The van der Waals surface area contributed by atoms with Gasteiger partial charge in [0.2, 0.25) is 0 Å². The highest BCUT2D eigenvalue weighted by Gasteiger charge is 2.24. The first-order valence-electron chi connectivity index (χ1n) is 7.51. The smallest absolute Gasteiger partial charge is 0.194 e. The van der Waals surface area contributed by atoms with Crippen molar-refractivity contribution >= 4 is 5.96 Å². The van der Waals surface area contributed by atoms with Crippen LogP contribution in [0.15, 0.2) is 48.0 Å². The Bertz CT molecular complexity index is 439. The molecule has 0 aromatic heterocycles. The molecule has 1 heterocycles. The van der Waals surface area contributed by atoms with Crippen LogP contribution in [0.2, 0.25) is 0 Å². The number of nitrogens with one attached hydrogen (secondary N) is 1. The summed E-state index contributed by atoms with van der Waals surface area (Å²) in [7, 11) is 0. The van der Waals surface area contributed by atoms with E-state index >= 15 is 0 Å². The Morgan fingerprint density at radius 1 is 1.45 bits per heavy atom. The molecule has 3 heteroatoms. The molecule has 108 valence electrons. The van der Waals surface area contributed by atoms with Crippen LogP contribution in [0, 0.1) is 5.92 Å². The Hall–Kier alpha value is -1.77. The van der Waals surface area contributed by atoms with Crippen molar-refractivity contribution in [3.05, 3.63) is 48.6 Å². The number of benzene rings is 1. The molecule has 1 atom stereocenters. The molecule has 1 aromatic rings. The lowest BCUT2D eigenvalue weighted by atomic mass is 9.99. The van der Waals surface area contributed by atoms with Crippen LogP contribution in [0.5, 0.6) is 0 Å². The zero-order valence-corrected chi connectivity index (χ0v) is 12.4. The normalized spacial score (nSPS) is 19.1. The van der Waals surface area contributed by atoms with Crippen molar-refractivity contribution in [2.75, 3.05) is 26.2 Å². The minimum Gasteiger partial charge on any atom is -0.357 e. The molecule has 1 saturated heterocycles. The highest BCUT2D eigenvalue weighted by Crippen LogP contribution is 2.20. The van der Waals surface area contributed by atoms with Gasteiger partial charge < -0.3 is 10.2 Å². The largest absolute Gasteiger partial charge is 0.357 e. The maximum absolute atomic E-state index is 4.57. The van der Waals surface area contributed by atoms with Crippen molar-refractivity contribution in [1.29, 1.82) is 0 Å². The summed E-state index contributed by atoms with van der Waals surface area (Å²) in [5.41, 5.74) is 1.44. The second-order valence-electron chi connectivity index (χ2n) is 5.27. The molecule has 0 aliphatic carbocycles. The number of nitrogens with zero attached hydrogens (tertiary/aromatic N) is 2. The van der Waals surface area contributed by atoms with E-state index in [1.807, 2.05) is 6.08 Å². The first-order valence-corrected chi connectivity index (χ1v) is 7.51. The standard InChI is InChI=1S/C17H25N3/c1-3-11-19-17(18-4-2)20-12-10-16(14-20)13-15-8-6-5-7-9-15/h3,5-9,16H,1,4,10-14H2,2H3,(H,18,19). The zero-order chi connectivity index (χ0) is 14.2. The minimum atomic E-state index is 0.683. The summed E-state index contributed by atoms with van der Waals surface area (Å²) < 4.78 is 0. The summed E-state index contributed by atoms with van der Waals surface area (Å²) >= 11 is 0. The Balaban J connectivity index is 1.91. The Labute approximate surface area is 122 Å². The van der Waals surface area contributed by atoms with Crippen LogP contribution in [-0.2, 0) is 6.42 Å². The number of rotatable bonds is 5. The van der Waals surface area contributed by atoms with E-state index in [-0.39, 0.29) is 0 Å². The van der Waals surface area contributed by atoms with Gasteiger partial charge in [0.25, 0.3) is 0 Å². The molecule has 1 fully saturated rings. The Morgan fingerprint density at radius 3 is 2.95 bits per heavy atom. The van der Waals surface area contributed by atoms with Gasteiger partial charge in [0.1, 0.15) is 0 Å². The number of guanidine groups is 1. The number of hydrogen-bond donors (Lipinski definition) is 1. The van der Waals surface area contributed by atoms with E-state index in [1.165, 1.54) is 12.0 Å². The van der Waals surface area contributed by atoms with Gasteiger partial charge in [0, 0.05) is 19.6 Å². The molecular formula is C17H25N3. The summed E-state index contributed by atoms with van der Waals surface area (Å²) in [5.74, 6) is 1.76. The van der Waals surface area contributed by atoms with E-state index < -0.39 is 0 Å². The van der Waals surface area contributed by atoms with Crippen molar-refractivity contribution in [3.63, 3.8) is 0 Å². The molecule has 0 saturated carbocycles. The van der Waals surface area contributed by atoms with Gasteiger partial charge in [-0.05, 0) is 31.2 Å². The van der Waals surface area contributed by atoms with E-state index in [0.717, 1.165) is 37.9 Å². The fourth-order valence-electron chi connectivity index (χ4n) is 2.72. The van der Waals surface area contributed by atoms with Crippen molar-refractivity contribution in [1.82, 2.24) is 10.2 Å². The molecule has 1 aromatic carbocycles. The van der Waals surface area contributed by atoms with Gasteiger partial charge >= 0.3 is 0 Å². The van der Waals surface area contributed by atoms with Crippen LogP contribution in [0.3, 0.4) is 0 Å². The Morgan fingerprint density at radius 2 is 2.25 bits per heavy atom. The predicted octanol–water partition coefficient (Wildman–Crippen LogP) is 2.70. The van der Waals surface area contributed by atoms with E-state index in [9.17, 15) is 0 Å². The molecule has 1 unspecified atom stereocenters. The zero-order valence-electron chi connectivity index (χ0n) is 12.4. The summed E-state index contributed by atoms with van der Waals surface area (Å²) in [6, 6.07) is 10.8. The molecule has 3 nitrogen and oxygen atoms in total. The number of hydrogen-bond acceptors (Lipinski definition) is 1. The first-order chi connectivity index (χ1) is 9.83. The molecular weight excluding hydrogens is 246 g/mol. The van der Waals surface area contributed by atoms with Crippen molar-refractivity contribution in [3.8, 4) is 0 Å². The van der Waals surface area contributed by atoms with Crippen molar-refractivity contribution < 1.29 is 0 Å². The molecule has 0 amide bonds. The van der Waals surface area contributed by atoms with Gasteiger partial charge in [-0.15, -0.1) is 6.58 Å². The first kappa shape index (κ1) is 14.6. The van der Waals surface area contributed by atoms with Gasteiger partial charge in [0.15, 0.2) is 5.96 Å². The van der Waals surface area contributed by atoms with E-state index in [4.69, 9.17) is 0 Å². The van der Waals surface area contributed by atoms with Crippen LogP contribution in [-0.4, -0.2) is 37.0 Å². The lowest BCUT2D eigenvalue weighted by Crippen LogP contribution is -2.40. The van der Waals surface area contributed by atoms with Crippen molar-refractivity contribution in [2.24, 2.45) is 10.9 Å². The molecule has 2 rings (SSSR count). The maximum Gasteiger partial charge on any atom is 0.194 e. The molecule has 1 aliphatic rings. The minimum absolute atomic E-state index is 0.683. The fraction of sp³-hybridized carbons (Fsp3) is 0.471. The Kier molecular flexibility index (Phi) is 5.66. The van der Waals surface area contributed by atoms with Gasteiger partial charge in [-0.2, -0.15) is 0 Å². The summed E-state index contributed by atoms with van der Waals surface area (Å²) in [4.78, 5) is 6.94. The molecule has 0 bridgehead atoms. The average molecular weight is 271 g/mol. The number of likely N-dealkylation sites (tertiary alicyclic amines) is 1. The highest BCUT2D eigenvalue weighted by atomic mass is 15.3. The lowest BCUT2D eigenvalue weighted by Gasteiger charge is -2.21. The summed E-state index contributed by atoms with van der Waals surface area (Å²) in [6.45, 7) is 9.64. The van der Waals surface area contributed by atoms with Gasteiger partial charge in [-0.1, -0.05) is 36.4 Å². The third kappa shape index (κ3) is 4.12. The summed E-state index contributed by atoms with van der Waals surface area (Å²) in [6.07, 6.45) is 4.25. The van der Waals surface area contributed by atoms with Crippen LogP contribution >= 0.6 is 0 Å². The molecule has 1 N–H and O–H groups in total. The van der Waals surface area contributed by atoms with Gasteiger partial charge in [-0.3, -0.25) is 0 Å². The van der Waals surface area contributed by atoms with Crippen LogP contribution in [0.1, 0.15) is 18.9 Å². The quantitative estimate of drug-likeness (QED) is 0.506. The lowest BCUT2D eigenvalue weighted by molar-refractivity contribution is 0.461. The molecule has 0 spiro atoms. The highest BCUT2D eigenvalue weighted by molar-refractivity contribution is 5.80. The van der Waals surface area contributed by atoms with E-state index in [0.29, 0.717) is 6.54 Å². The van der Waals surface area contributed by atoms with E-state index in [2.05, 4.69) is 59.0 Å². The monoisotopic (exact) mass is 271 g/mol. The van der Waals surface area contributed by atoms with Gasteiger partial charge in [-0.25, -0.2) is 4.99 Å². The van der Waals surface area contributed by atoms with Crippen LogP contribution in [0.25, 0.3) is 0 Å². The summed E-state index contributed by atoms with van der Waals surface area (Å²) in [5, 5.41) is 3.37. The third-order valence-corrected chi connectivity index (χ3v) is 3.66. The molecule has 20 heavy (non-hydrogen) atoms. The fourth-order valence-corrected chi connectivity index (χ4v) is 2.72. The van der Waals surface area contributed by atoms with Crippen LogP contribution < -0.4 is 5.32 Å². The van der Waals surface area contributed by atoms with E-state index in [1.54, 1.807) is 0 Å². The second kappa shape index (κ2) is 7.73. The maximum atomic E-state index is 4.57. The van der Waals surface area contributed by atoms with Crippen LogP contribution in [0.4, 0.5) is 0 Å². The predicted molar refractivity (Wildman–Crippen MR) is 86.0 cm³/mol. The third-order valence-electron chi connectivity index (χ3n) is 3.66. The van der Waals surface area contributed by atoms with Crippen molar-refractivity contribution in [2.45, 2.75) is 19.8 Å². The second-order valence-corrected chi connectivity index (χ2v) is 5.27. The number of aliphatic imine (C=N–C) groups is 1. The average Bonchev–Trinajstić information content (AvgIpc) is 2.93. The van der Waals surface area contributed by atoms with Gasteiger partial charge in [0.05, 0.1) is 6.54 Å². The topological polar surface area (TPSA) is 27.6 Å². The molecule has 0 radical (unpaired) electrons. The SMILES string of the molecule is C=CCN=C(NCC)N1CCC(Cc2ccccc2)C1.